The molecule has 0 radical (unpaired) electrons. The Hall–Kier alpha value is -1.12. The standard InChI is InChI=1S/C10H10ClNO/c1-2-8-3-5-9(6-4-8)10(13)7-12-11/h2-6,12H,1,7H2. The molecule has 0 aliphatic carbocycles. The quantitative estimate of drug-likeness (QED) is 0.590. The van der Waals surface area contributed by atoms with Crippen LogP contribution in [0.5, 0.6) is 0 Å². The summed E-state index contributed by atoms with van der Waals surface area (Å²) < 4.78 is 0. The summed E-state index contributed by atoms with van der Waals surface area (Å²) in [7, 11) is 0. The van der Waals surface area contributed by atoms with Crippen LogP contribution in [-0.4, -0.2) is 12.3 Å². The molecule has 0 unspecified atom stereocenters. The molecule has 0 amide bonds. The summed E-state index contributed by atoms with van der Waals surface area (Å²) in [4.78, 5) is 13.6. The van der Waals surface area contributed by atoms with Crippen LogP contribution in [0.15, 0.2) is 30.8 Å². The molecule has 0 spiro atoms. The molecule has 0 heterocycles. The zero-order valence-corrected chi connectivity index (χ0v) is 7.84. The monoisotopic (exact) mass is 195 g/mol. The van der Waals surface area contributed by atoms with Gasteiger partial charge in [0.2, 0.25) is 0 Å². The van der Waals surface area contributed by atoms with Crippen molar-refractivity contribution in [3.05, 3.63) is 42.0 Å². The fourth-order valence-electron chi connectivity index (χ4n) is 0.968. The molecule has 0 atom stereocenters. The zero-order valence-electron chi connectivity index (χ0n) is 7.09. The number of rotatable bonds is 4. The Morgan fingerprint density at radius 3 is 2.54 bits per heavy atom. The van der Waals surface area contributed by atoms with Crippen molar-refractivity contribution in [3.8, 4) is 0 Å². The normalized spacial score (nSPS) is 9.62. The molecule has 1 aromatic carbocycles. The molecule has 1 N–H and O–H groups in total. The fourth-order valence-corrected chi connectivity index (χ4v) is 1.09. The Balaban J connectivity index is 2.79. The van der Waals surface area contributed by atoms with Crippen molar-refractivity contribution in [2.24, 2.45) is 0 Å². The van der Waals surface area contributed by atoms with E-state index in [-0.39, 0.29) is 12.3 Å². The minimum atomic E-state index is -0.0226. The predicted molar refractivity (Wildman–Crippen MR) is 54.7 cm³/mol. The molecule has 1 rings (SSSR count). The molecule has 1 aromatic rings. The smallest absolute Gasteiger partial charge is 0.177 e. The third kappa shape index (κ3) is 2.68. The Labute approximate surface area is 82.3 Å². The van der Waals surface area contributed by atoms with Crippen LogP contribution in [0.4, 0.5) is 0 Å². The molecular weight excluding hydrogens is 186 g/mol. The van der Waals surface area contributed by atoms with Gasteiger partial charge in [-0.05, 0) is 17.3 Å². The Bertz CT molecular complexity index is 305. The van der Waals surface area contributed by atoms with Crippen LogP contribution in [0.1, 0.15) is 15.9 Å². The van der Waals surface area contributed by atoms with Crippen molar-refractivity contribution in [1.82, 2.24) is 4.84 Å². The van der Waals surface area contributed by atoms with E-state index in [1.165, 1.54) is 0 Å². The van der Waals surface area contributed by atoms with E-state index in [0.29, 0.717) is 5.56 Å². The SMILES string of the molecule is C=Cc1ccc(C(=O)CNCl)cc1. The summed E-state index contributed by atoms with van der Waals surface area (Å²) in [5, 5.41) is 0. The van der Waals surface area contributed by atoms with Crippen molar-refractivity contribution in [3.63, 3.8) is 0 Å². The first kappa shape index (κ1) is 9.96. The van der Waals surface area contributed by atoms with Crippen molar-refractivity contribution in [2.45, 2.75) is 0 Å². The van der Waals surface area contributed by atoms with Crippen LogP contribution in [0.2, 0.25) is 0 Å². The van der Waals surface area contributed by atoms with Gasteiger partial charge in [0.25, 0.3) is 0 Å². The number of Topliss-reactive ketones (excluding diaryl/α,β-unsaturated/α-hetero) is 1. The number of hydrogen-bond acceptors (Lipinski definition) is 2. The third-order valence-corrected chi connectivity index (χ3v) is 1.83. The average molecular weight is 196 g/mol. The van der Waals surface area contributed by atoms with E-state index in [2.05, 4.69) is 11.4 Å². The molecule has 0 aliphatic heterocycles. The highest BCUT2D eigenvalue weighted by Gasteiger charge is 2.02. The van der Waals surface area contributed by atoms with Gasteiger partial charge in [-0.1, -0.05) is 36.9 Å². The Morgan fingerprint density at radius 1 is 1.46 bits per heavy atom. The lowest BCUT2D eigenvalue weighted by molar-refractivity contribution is 0.0997. The van der Waals surface area contributed by atoms with Gasteiger partial charge in [-0.25, -0.2) is 4.84 Å². The van der Waals surface area contributed by atoms with Gasteiger partial charge in [-0.15, -0.1) is 0 Å². The van der Waals surface area contributed by atoms with Crippen LogP contribution < -0.4 is 4.84 Å². The summed E-state index contributed by atoms with van der Waals surface area (Å²) in [6, 6.07) is 7.20. The van der Waals surface area contributed by atoms with E-state index in [4.69, 9.17) is 11.8 Å². The second-order valence-electron chi connectivity index (χ2n) is 2.56. The Kier molecular flexibility index (Phi) is 3.68. The van der Waals surface area contributed by atoms with E-state index in [9.17, 15) is 4.79 Å². The molecule has 0 aromatic heterocycles. The van der Waals surface area contributed by atoms with Gasteiger partial charge in [-0.3, -0.25) is 4.79 Å². The summed E-state index contributed by atoms with van der Waals surface area (Å²) in [6.45, 7) is 3.77. The maximum Gasteiger partial charge on any atom is 0.177 e. The molecule has 0 saturated heterocycles. The highest BCUT2D eigenvalue weighted by Crippen LogP contribution is 2.05. The van der Waals surface area contributed by atoms with Crippen molar-refractivity contribution >= 4 is 23.6 Å². The van der Waals surface area contributed by atoms with Gasteiger partial charge in [0.1, 0.15) is 0 Å². The largest absolute Gasteiger partial charge is 0.293 e. The number of carbonyl (C=O) groups is 1. The minimum Gasteiger partial charge on any atom is -0.293 e. The lowest BCUT2D eigenvalue weighted by atomic mass is 10.1. The lowest BCUT2D eigenvalue weighted by Crippen LogP contribution is -2.14. The third-order valence-electron chi connectivity index (χ3n) is 1.70. The maximum absolute atomic E-state index is 11.3. The zero-order chi connectivity index (χ0) is 9.68. The second-order valence-corrected chi connectivity index (χ2v) is 2.83. The van der Waals surface area contributed by atoms with Gasteiger partial charge in [0.05, 0.1) is 6.54 Å². The van der Waals surface area contributed by atoms with Gasteiger partial charge < -0.3 is 0 Å². The molecule has 0 aliphatic rings. The maximum atomic E-state index is 11.3. The van der Waals surface area contributed by atoms with E-state index in [1.807, 2.05) is 12.1 Å². The van der Waals surface area contributed by atoms with Crippen LogP contribution in [0, 0.1) is 0 Å². The molecular formula is C10H10ClNO. The van der Waals surface area contributed by atoms with Crippen molar-refractivity contribution in [2.75, 3.05) is 6.54 Å². The first-order valence-electron chi connectivity index (χ1n) is 3.87. The number of ketones is 1. The van der Waals surface area contributed by atoms with Crippen LogP contribution in [-0.2, 0) is 0 Å². The predicted octanol–water partition coefficient (Wildman–Crippen LogP) is 2.26. The molecule has 0 saturated carbocycles. The number of halogens is 1. The van der Waals surface area contributed by atoms with Crippen LogP contribution in [0.3, 0.4) is 0 Å². The van der Waals surface area contributed by atoms with E-state index < -0.39 is 0 Å². The molecule has 0 bridgehead atoms. The summed E-state index contributed by atoms with van der Waals surface area (Å²) in [5.74, 6) is -0.0226. The number of hydrogen-bond donors (Lipinski definition) is 1. The van der Waals surface area contributed by atoms with E-state index in [0.717, 1.165) is 5.56 Å². The van der Waals surface area contributed by atoms with Gasteiger partial charge in [0, 0.05) is 5.56 Å². The molecule has 0 fully saturated rings. The van der Waals surface area contributed by atoms with Gasteiger partial charge in [-0.2, -0.15) is 0 Å². The van der Waals surface area contributed by atoms with Gasteiger partial charge in [0.15, 0.2) is 5.78 Å². The molecule has 68 valence electrons. The first-order chi connectivity index (χ1) is 6.27. The average Bonchev–Trinajstić information content (AvgIpc) is 2.18. The summed E-state index contributed by atoms with van der Waals surface area (Å²) >= 11 is 5.22. The Morgan fingerprint density at radius 2 is 2.08 bits per heavy atom. The molecule has 2 nitrogen and oxygen atoms in total. The van der Waals surface area contributed by atoms with Crippen molar-refractivity contribution < 1.29 is 4.79 Å². The highest BCUT2D eigenvalue weighted by molar-refractivity contribution is 6.15. The van der Waals surface area contributed by atoms with E-state index in [1.54, 1.807) is 18.2 Å². The van der Waals surface area contributed by atoms with E-state index >= 15 is 0 Å². The second kappa shape index (κ2) is 4.80. The van der Waals surface area contributed by atoms with Crippen LogP contribution >= 0.6 is 11.8 Å². The van der Waals surface area contributed by atoms with Crippen LogP contribution in [0.25, 0.3) is 6.08 Å². The molecule has 13 heavy (non-hydrogen) atoms. The first-order valence-corrected chi connectivity index (χ1v) is 4.25. The number of nitrogens with one attached hydrogen (secondary N) is 1. The molecule has 3 heteroatoms. The topological polar surface area (TPSA) is 29.1 Å². The van der Waals surface area contributed by atoms with Crippen molar-refractivity contribution in [1.29, 1.82) is 0 Å². The fraction of sp³-hybridized carbons (Fsp3) is 0.100. The number of carbonyl (C=O) groups excluding carboxylic acids is 1. The summed E-state index contributed by atoms with van der Waals surface area (Å²) in [6.07, 6.45) is 1.73. The highest BCUT2D eigenvalue weighted by atomic mass is 35.5. The summed E-state index contributed by atoms with van der Waals surface area (Å²) in [5.41, 5.74) is 1.65. The lowest BCUT2D eigenvalue weighted by Gasteiger charge is -1.99. The van der Waals surface area contributed by atoms with Gasteiger partial charge >= 0.3 is 0 Å². The number of benzene rings is 1. The minimum absolute atomic E-state index is 0.0226.